The number of aromatic nitrogens is 3. The van der Waals surface area contributed by atoms with E-state index in [1.807, 2.05) is 12.1 Å². The SMILES string of the molecule is CCc1cccc(-n2cc(C(=O)N3CCC(N)CC3)nn2)c1. The monoisotopic (exact) mass is 299 g/mol. The number of benzene rings is 1. The molecule has 0 spiro atoms. The summed E-state index contributed by atoms with van der Waals surface area (Å²) in [5, 5.41) is 8.12. The van der Waals surface area contributed by atoms with E-state index < -0.39 is 0 Å². The van der Waals surface area contributed by atoms with Crippen LogP contribution in [0.4, 0.5) is 0 Å². The summed E-state index contributed by atoms with van der Waals surface area (Å²) in [5.74, 6) is -0.0650. The summed E-state index contributed by atoms with van der Waals surface area (Å²) in [6.07, 6.45) is 4.35. The standard InChI is InChI=1S/C16H21N5O/c1-2-12-4-3-5-14(10-12)21-11-15(18-19-21)16(22)20-8-6-13(17)7-9-20/h3-5,10-11,13H,2,6-9,17H2,1H3. The number of amides is 1. The maximum atomic E-state index is 12.4. The van der Waals surface area contributed by atoms with Crippen LogP contribution < -0.4 is 5.73 Å². The van der Waals surface area contributed by atoms with Gasteiger partial charge in [0.15, 0.2) is 5.69 Å². The number of piperidine rings is 1. The van der Waals surface area contributed by atoms with Crippen molar-refractivity contribution in [2.45, 2.75) is 32.2 Å². The molecule has 0 radical (unpaired) electrons. The first-order valence-electron chi connectivity index (χ1n) is 7.74. The Morgan fingerprint density at radius 2 is 2.14 bits per heavy atom. The predicted octanol–water partition coefficient (Wildman–Crippen LogP) is 1.39. The van der Waals surface area contributed by atoms with Crippen LogP contribution in [0.15, 0.2) is 30.5 Å². The Bertz CT molecular complexity index is 658. The summed E-state index contributed by atoms with van der Waals surface area (Å²) in [6.45, 7) is 3.49. The highest BCUT2D eigenvalue weighted by atomic mass is 16.2. The van der Waals surface area contributed by atoms with Crippen molar-refractivity contribution in [3.8, 4) is 5.69 Å². The van der Waals surface area contributed by atoms with Crippen LogP contribution in [0.2, 0.25) is 0 Å². The highest BCUT2D eigenvalue weighted by Gasteiger charge is 2.23. The molecular weight excluding hydrogens is 278 g/mol. The second-order valence-electron chi connectivity index (χ2n) is 5.70. The number of nitrogens with zero attached hydrogens (tertiary/aromatic N) is 4. The van der Waals surface area contributed by atoms with Gasteiger partial charge in [0.1, 0.15) is 0 Å². The van der Waals surface area contributed by atoms with Crippen LogP contribution >= 0.6 is 0 Å². The number of hydrogen-bond acceptors (Lipinski definition) is 4. The van der Waals surface area contributed by atoms with E-state index in [9.17, 15) is 4.79 Å². The van der Waals surface area contributed by atoms with E-state index in [0.29, 0.717) is 18.8 Å². The normalized spacial score (nSPS) is 16.0. The third-order valence-electron chi connectivity index (χ3n) is 4.12. The minimum atomic E-state index is -0.0650. The van der Waals surface area contributed by atoms with Crippen molar-refractivity contribution >= 4 is 5.91 Å². The van der Waals surface area contributed by atoms with E-state index in [2.05, 4.69) is 29.4 Å². The first-order valence-corrected chi connectivity index (χ1v) is 7.74. The lowest BCUT2D eigenvalue weighted by atomic mass is 10.1. The van der Waals surface area contributed by atoms with Gasteiger partial charge in [-0.1, -0.05) is 24.3 Å². The Morgan fingerprint density at radius 1 is 1.36 bits per heavy atom. The van der Waals surface area contributed by atoms with Crippen molar-refractivity contribution in [2.75, 3.05) is 13.1 Å². The molecule has 1 amide bonds. The van der Waals surface area contributed by atoms with Gasteiger partial charge in [-0.2, -0.15) is 0 Å². The van der Waals surface area contributed by atoms with Gasteiger partial charge in [0.2, 0.25) is 0 Å². The van der Waals surface area contributed by atoms with Crippen molar-refractivity contribution in [3.05, 3.63) is 41.7 Å². The minimum Gasteiger partial charge on any atom is -0.337 e. The molecule has 0 bridgehead atoms. The number of nitrogens with two attached hydrogens (primary N) is 1. The summed E-state index contributed by atoms with van der Waals surface area (Å²) in [4.78, 5) is 14.2. The topological polar surface area (TPSA) is 77.0 Å². The molecule has 116 valence electrons. The molecule has 2 heterocycles. The van der Waals surface area contributed by atoms with Crippen molar-refractivity contribution in [1.29, 1.82) is 0 Å². The molecule has 1 aliphatic heterocycles. The van der Waals surface area contributed by atoms with E-state index in [1.54, 1.807) is 15.8 Å². The second-order valence-corrected chi connectivity index (χ2v) is 5.70. The molecule has 1 aromatic carbocycles. The molecule has 0 unspecified atom stereocenters. The maximum Gasteiger partial charge on any atom is 0.276 e. The quantitative estimate of drug-likeness (QED) is 0.929. The van der Waals surface area contributed by atoms with Gasteiger partial charge in [0, 0.05) is 19.1 Å². The summed E-state index contributed by atoms with van der Waals surface area (Å²) in [6, 6.07) is 8.29. The number of rotatable bonds is 3. The van der Waals surface area contributed by atoms with Gasteiger partial charge in [0.05, 0.1) is 11.9 Å². The lowest BCUT2D eigenvalue weighted by Gasteiger charge is -2.29. The first kappa shape index (κ1) is 14.7. The van der Waals surface area contributed by atoms with Crippen LogP contribution in [0.5, 0.6) is 0 Å². The van der Waals surface area contributed by atoms with E-state index in [-0.39, 0.29) is 11.9 Å². The molecule has 6 nitrogen and oxygen atoms in total. The lowest BCUT2D eigenvalue weighted by Crippen LogP contribution is -2.43. The van der Waals surface area contributed by atoms with Crippen LogP contribution in [-0.4, -0.2) is 44.9 Å². The number of likely N-dealkylation sites (tertiary alicyclic amines) is 1. The third kappa shape index (κ3) is 3.01. The van der Waals surface area contributed by atoms with E-state index >= 15 is 0 Å². The second kappa shape index (κ2) is 6.27. The third-order valence-corrected chi connectivity index (χ3v) is 4.12. The fourth-order valence-corrected chi connectivity index (χ4v) is 2.67. The number of carbonyl (C=O) groups is 1. The van der Waals surface area contributed by atoms with Crippen molar-refractivity contribution < 1.29 is 4.79 Å². The highest BCUT2D eigenvalue weighted by Crippen LogP contribution is 2.14. The molecule has 1 saturated heterocycles. The summed E-state index contributed by atoms with van der Waals surface area (Å²) < 4.78 is 1.65. The molecule has 6 heteroatoms. The smallest absolute Gasteiger partial charge is 0.276 e. The molecular formula is C16H21N5O. The molecule has 22 heavy (non-hydrogen) atoms. The van der Waals surface area contributed by atoms with Crippen molar-refractivity contribution in [3.63, 3.8) is 0 Å². The van der Waals surface area contributed by atoms with Gasteiger partial charge >= 0.3 is 0 Å². The summed E-state index contributed by atoms with van der Waals surface area (Å²) in [7, 11) is 0. The fourth-order valence-electron chi connectivity index (χ4n) is 2.67. The minimum absolute atomic E-state index is 0.0650. The molecule has 0 aliphatic carbocycles. The van der Waals surface area contributed by atoms with Crippen LogP contribution in [0, 0.1) is 0 Å². The number of carbonyl (C=O) groups excluding carboxylic acids is 1. The zero-order valence-electron chi connectivity index (χ0n) is 12.8. The average molecular weight is 299 g/mol. The van der Waals surface area contributed by atoms with Crippen LogP contribution in [0.1, 0.15) is 35.8 Å². The van der Waals surface area contributed by atoms with Gasteiger partial charge in [-0.05, 0) is 37.0 Å². The Balaban J connectivity index is 1.77. The highest BCUT2D eigenvalue weighted by molar-refractivity contribution is 5.92. The molecule has 2 N–H and O–H groups in total. The molecule has 3 rings (SSSR count). The lowest BCUT2D eigenvalue weighted by molar-refractivity contribution is 0.0708. The summed E-state index contributed by atoms with van der Waals surface area (Å²) >= 11 is 0. The fraction of sp³-hybridized carbons (Fsp3) is 0.438. The maximum absolute atomic E-state index is 12.4. The van der Waals surface area contributed by atoms with Crippen molar-refractivity contribution in [1.82, 2.24) is 19.9 Å². The van der Waals surface area contributed by atoms with Gasteiger partial charge in [-0.15, -0.1) is 5.10 Å². The van der Waals surface area contributed by atoms with Gasteiger partial charge in [-0.25, -0.2) is 4.68 Å². The van der Waals surface area contributed by atoms with Crippen LogP contribution in [-0.2, 0) is 6.42 Å². The largest absolute Gasteiger partial charge is 0.337 e. The molecule has 0 atom stereocenters. The number of aryl methyl sites for hydroxylation is 1. The molecule has 1 aliphatic rings. The van der Waals surface area contributed by atoms with E-state index in [0.717, 1.165) is 24.9 Å². The van der Waals surface area contributed by atoms with Gasteiger partial charge < -0.3 is 10.6 Å². The van der Waals surface area contributed by atoms with Crippen LogP contribution in [0.25, 0.3) is 5.69 Å². The Labute approximate surface area is 129 Å². The molecule has 1 aromatic heterocycles. The van der Waals surface area contributed by atoms with Gasteiger partial charge in [0.25, 0.3) is 5.91 Å². The zero-order valence-corrected chi connectivity index (χ0v) is 12.8. The zero-order chi connectivity index (χ0) is 15.5. The Morgan fingerprint density at radius 3 is 2.86 bits per heavy atom. The molecule has 0 saturated carbocycles. The number of hydrogen-bond donors (Lipinski definition) is 1. The molecule has 1 fully saturated rings. The Kier molecular flexibility index (Phi) is 4.20. The van der Waals surface area contributed by atoms with Crippen molar-refractivity contribution in [2.24, 2.45) is 5.73 Å². The first-order chi connectivity index (χ1) is 10.7. The predicted molar refractivity (Wildman–Crippen MR) is 83.8 cm³/mol. The Hall–Kier alpha value is -2.21. The van der Waals surface area contributed by atoms with E-state index in [1.165, 1.54) is 5.56 Å². The summed E-state index contributed by atoms with van der Waals surface area (Å²) in [5.41, 5.74) is 8.41. The van der Waals surface area contributed by atoms with Gasteiger partial charge in [-0.3, -0.25) is 4.79 Å². The van der Waals surface area contributed by atoms with Crippen LogP contribution in [0.3, 0.4) is 0 Å². The average Bonchev–Trinajstić information content (AvgIpc) is 3.05. The molecule has 2 aromatic rings. The van der Waals surface area contributed by atoms with E-state index in [4.69, 9.17) is 5.73 Å².